The van der Waals surface area contributed by atoms with Crippen LogP contribution in [0, 0.1) is 0 Å². The van der Waals surface area contributed by atoms with Gasteiger partial charge in [-0.3, -0.25) is 4.57 Å². The van der Waals surface area contributed by atoms with E-state index in [-0.39, 0.29) is 12.4 Å². The molecule has 154 valence electrons. The fourth-order valence-electron chi connectivity index (χ4n) is 3.61. The predicted molar refractivity (Wildman–Crippen MR) is 101 cm³/mol. The number of halogens is 1. The van der Waals surface area contributed by atoms with Crippen molar-refractivity contribution in [3.8, 4) is 0 Å². The molecule has 0 aromatic carbocycles. The third kappa shape index (κ3) is 3.02. The first kappa shape index (κ1) is 19.7. The van der Waals surface area contributed by atoms with Crippen LogP contribution >= 0.6 is 8.60 Å². The summed E-state index contributed by atoms with van der Waals surface area (Å²) >= 11 is 0. The summed E-state index contributed by atoms with van der Waals surface area (Å²) in [5.41, 5.74) is 5.07. The van der Waals surface area contributed by atoms with Gasteiger partial charge in [-0.15, -0.1) is 0 Å². The zero-order valence-electron chi connectivity index (χ0n) is 16.2. The Morgan fingerprint density at radius 1 is 1.39 bits per heavy atom. The van der Waals surface area contributed by atoms with E-state index >= 15 is 4.39 Å². The molecule has 12 heteroatoms. The molecule has 2 aliphatic rings. The molecule has 0 bridgehead atoms. The topological polar surface area (TPSA) is 119 Å². The Kier molecular flexibility index (Phi) is 5.13. The fourth-order valence-corrected chi connectivity index (χ4v) is 4.66. The highest BCUT2D eigenvalue weighted by molar-refractivity contribution is 7.41. The Hall–Kier alpha value is -1.65. The molecule has 2 aromatic heterocycles. The molecule has 3 N–H and O–H groups in total. The molecule has 1 unspecified atom stereocenters. The second-order valence-corrected chi connectivity index (χ2v) is 8.07. The number of alkyl halides is 1. The molecule has 0 radical (unpaired) electrons. The van der Waals surface area contributed by atoms with E-state index in [1.807, 2.05) is 13.8 Å². The first-order valence-corrected chi connectivity index (χ1v) is 10.3. The molecular weight excluding hydrogens is 390 g/mol. The minimum atomic E-state index is -1.86. The van der Waals surface area contributed by atoms with Gasteiger partial charge in [-0.1, -0.05) is 6.92 Å². The number of nitrogens with one attached hydrogen (secondary N) is 1. The van der Waals surface area contributed by atoms with Gasteiger partial charge in [-0.25, -0.2) is 9.37 Å². The second-order valence-electron chi connectivity index (χ2n) is 6.79. The van der Waals surface area contributed by atoms with Crippen LogP contribution in [-0.2, 0) is 24.7 Å². The highest BCUT2D eigenvalue weighted by atomic mass is 31.2. The molecule has 4 heterocycles. The number of aryl methyl sites for hydroxylation is 1. The molecule has 4 rings (SSSR count). The van der Waals surface area contributed by atoms with E-state index in [0.717, 1.165) is 0 Å². The van der Waals surface area contributed by atoms with Gasteiger partial charge in [0, 0.05) is 20.1 Å². The standard InChI is InChI=1S/C16H24FN6O4P/c1-5-9-20-10-12(18)21-15(19-6-2)22-13(10)23(9)14-16(3,17)11-8(26-14)7-25-28(24-4)27-11/h8,11,14H,5-7H2,1-4H3,(H3,18,19,21,22)/t8-,11-,14-,16-,28?/m1/s1. The number of ether oxygens (including phenoxy) is 1. The summed E-state index contributed by atoms with van der Waals surface area (Å²) in [5.74, 6) is 1.19. The highest BCUT2D eigenvalue weighted by Gasteiger charge is 2.60. The maximum atomic E-state index is 16.0. The molecule has 2 aliphatic heterocycles. The summed E-state index contributed by atoms with van der Waals surface area (Å²) in [4.78, 5) is 13.3. The predicted octanol–water partition coefficient (Wildman–Crippen LogP) is 2.32. The molecule has 10 nitrogen and oxygen atoms in total. The molecule has 2 aromatic rings. The number of imidazole rings is 1. The van der Waals surface area contributed by atoms with Crippen molar-refractivity contribution in [1.82, 2.24) is 19.5 Å². The Morgan fingerprint density at radius 3 is 2.86 bits per heavy atom. The number of nitrogens with zero attached hydrogens (tertiary/aromatic N) is 4. The lowest BCUT2D eigenvalue weighted by Crippen LogP contribution is -2.44. The van der Waals surface area contributed by atoms with E-state index in [9.17, 15) is 0 Å². The van der Waals surface area contributed by atoms with Crippen LogP contribution in [0.4, 0.5) is 16.2 Å². The van der Waals surface area contributed by atoms with Gasteiger partial charge >= 0.3 is 8.60 Å². The Morgan fingerprint density at radius 2 is 2.18 bits per heavy atom. The van der Waals surface area contributed by atoms with Gasteiger partial charge in [0.05, 0.1) is 6.61 Å². The van der Waals surface area contributed by atoms with Crippen molar-refractivity contribution in [2.75, 3.05) is 31.3 Å². The van der Waals surface area contributed by atoms with Crippen LogP contribution in [-0.4, -0.2) is 57.7 Å². The Balaban J connectivity index is 1.81. The summed E-state index contributed by atoms with van der Waals surface area (Å²) in [5, 5.41) is 3.03. The lowest BCUT2D eigenvalue weighted by atomic mass is 9.98. The summed E-state index contributed by atoms with van der Waals surface area (Å²) in [6, 6.07) is 0. The molecular formula is C16H24FN6O4P. The number of anilines is 2. The van der Waals surface area contributed by atoms with Crippen molar-refractivity contribution in [3.63, 3.8) is 0 Å². The first-order valence-electron chi connectivity index (χ1n) is 9.17. The minimum absolute atomic E-state index is 0.189. The van der Waals surface area contributed by atoms with Gasteiger partial charge in [0.1, 0.15) is 18.0 Å². The number of aromatic nitrogens is 4. The highest BCUT2D eigenvalue weighted by Crippen LogP contribution is 2.54. The van der Waals surface area contributed by atoms with Crippen LogP contribution in [0.25, 0.3) is 11.2 Å². The summed E-state index contributed by atoms with van der Waals surface area (Å²) in [6.45, 7) is 6.11. The third-order valence-corrected chi connectivity index (χ3v) is 5.96. The number of nitrogen functional groups attached to an aromatic ring is 1. The maximum absolute atomic E-state index is 16.0. The van der Waals surface area contributed by atoms with E-state index in [4.69, 9.17) is 24.0 Å². The Labute approximate surface area is 162 Å². The van der Waals surface area contributed by atoms with E-state index in [0.29, 0.717) is 35.9 Å². The van der Waals surface area contributed by atoms with E-state index in [1.54, 1.807) is 4.57 Å². The SMILES string of the molecule is CCNc1nc(N)c2nc(CC)n([C@@H]3O[C@@H]4COP(OC)O[C@H]4[C@@]3(C)F)c2n1. The summed E-state index contributed by atoms with van der Waals surface area (Å²) < 4.78 is 40.0. The molecule has 0 saturated carbocycles. The van der Waals surface area contributed by atoms with E-state index in [1.165, 1.54) is 14.0 Å². The lowest BCUT2D eigenvalue weighted by molar-refractivity contribution is -0.0619. The minimum Gasteiger partial charge on any atom is -0.382 e. The third-order valence-electron chi connectivity index (χ3n) is 4.90. The molecule has 0 aliphatic carbocycles. The van der Waals surface area contributed by atoms with Gasteiger partial charge in [0.15, 0.2) is 28.9 Å². The first-order chi connectivity index (χ1) is 13.4. The van der Waals surface area contributed by atoms with Gasteiger partial charge < -0.3 is 29.4 Å². The molecule has 2 saturated heterocycles. The largest absolute Gasteiger partial charge is 0.382 e. The van der Waals surface area contributed by atoms with Gasteiger partial charge in [-0.05, 0) is 13.8 Å². The maximum Gasteiger partial charge on any atom is 0.332 e. The average molecular weight is 414 g/mol. The van der Waals surface area contributed by atoms with Crippen LogP contribution < -0.4 is 11.1 Å². The summed E-state index contributed by atoms with van der Waals surface area (Å²) in [7, 11) is -0.130. The molecule has 5 atom stereocenters. The molecule has 0 spiro atoms. The monoisotopic (exact) mass is 414 g/mol. The van der Waals surface area contributed by atoms with E-state index in [2.05, 4.69) is 20.3 Å². The Bertz CT molecular complexity index is 880. The molecule has 0 amide bonds. The molecule has 2 fully saturated rings. The number of hydrogen-bond acceptors (Lipinski definition) is 9. The smallest absolute Gasteiger partial charge is 0.332 e. The summed E-state index contributed by atoms with van der Waals surface area (Å²) in [6.07, 6.45) is -1.85. The van der Waals surface area contributed by atoms with E-state index < -0.39 is 32.7 Å². The van der Waals surface area contributed by atoms with Crippen molar-refractivity contribution in [2.24, 2.45) is 0 Å². The average Bonchev–Trinajstić information content (AvgIpc) is 3.16. The number of fused-ring (bicyclic) bond motifs is 2. The van der Waals surface area contributed by atoms with Crippen molar-refractivity contribution >= 4 is 31.5 Å². The van der Waals surface area contributed by atoms with Crippen LogP contribution in [0.3, 0.4) is 0 Å². The lowest BCUT2D eigenvalue weighted by Gasteiger charge is -2.32. The number of hydrogen-bond donors (Lipinski definition) is 2. The van der Waals surface area contributed by atoms with Gasteiger partial charge in [0.25, 0.3) is 0 Å². The van der Waals surface area contributed by atoms with Crippen LogP contribution in [0.1, 0.15) is 32.8 Å². The van der Waals surface area contributed by atoms with Crippen molar-refractivity contribution in [3.05, 3.63) is 5.82 Å². The number of rotatable bonds is 5. The zero-order chi connectivity index (χ0) is 20.1. The van der Waals surface area contributed by atoms with Crippen molar-refractivity contribution in [2.45, 2.75) is 51.3 Å². The number of nitrogens with two attached hydrogens (primary N) is 1. The van der Waals surface area contributed by atoms with Crippen LogP contribution in [0.2, 0.25) is 0 Å². The van der Waals surface area contributed by atoms with Crippen molar-refractivity contribution in [1.29, 1.82) is 0 Å². The quantitative estimate of drug-likeness (QED) is 0.711. The van der Waals surface area contributed by atoms with Gasteiger partial charge in [-0.2, -0.15) is 9.97 Å². The zero-order valence-corrected chi connectivity index (χ0v) is 17.1. The molecule has 28 heavy (non-hydrogen) atoms. The fraction of sp³-hybridized carbons (Fsp3) is 0.688. The normalized spacial score (nSPS) is 32.6. The second kappa shape index (κ2) is 7.31. The van der Waals surface area contributed by atoms with Crippen LogP contribution in [0.15, 0.2) is 0 Å². The van der Waals surface area contributed by atoms with Gasteiger partial charge in [0.2, 0.25) is 5.95 Å². The van der Waals surface area contributed by atoms with Crippen molar-refractivity contribution < 1.29 is 22.7 Å². The van der Waals surface area contributed by atoms with Crippen LogP contribution in [0.5, 0.6) is 0 Å².